The summed E-state index contributed by atoms with van der Waals surface area (Å²) in [6.07, 6.45) is 0.123. The minimum absolute atomic E-state index is 0.0590. The van der Waals surface area contributed by atoms with Gasteiger partial charge in [-0.15, -0.1) is 0 Å². The van der Waals surface area contributed by atoms with Crippen LogP contribution in [0.3, 0.4) is 0 Å². The van der Waals surface area contributed by atoms with Gasteiger partial charge in [-0.3, -0.25) is 9.59 Å². The molecule has 0 aliphatic heterocycles. The van der Waals surface area contributed by atoms with Crippen LogP contribution in [0.1, 0.15) is 5.56 Å². The van der Waals surface area contributed by atoms with E-state index in [9.17, 15) is 14.0 Å². The normalized spacial score (nSPS) is 9.88. The highest BCUT2D eigenvalue weighted by Gasteiger charge is 2.05. The van der Waals surface area contributed by atoms with Crippen LogP contribution in [0.25, 0.3) is 0 Å². The van der Waals surface area contributed by atoms with Crippen LogP contribution < -0.4 is 11.1 Å². The Hall–Kier alpha value is -1.75. The molecule has 1 amide bonds. The Morgan fingerprint density at radius 1 is 1.25 bits per heavy atom. The Labute approximate surface area is 92.6 Å². The van der Waals surface area contributed by atoms with Crippen molar-refractivity contribution in [3.8, 4) is 0 Å². The maximum absolute atomic E-state index is 12.6. The Kier molecular flexibility index (Phi) is 4.60. The highest BCUT2D eigenvalue weighted by atomic mass is 19.1. The van der Waals surface area contributed by atoms with Crippen molar-refractivity contribution >= 4 is 11.7 Å². The quantitative estimate of drug-likeness (QED) is 0.740. The number of carbonyl (C=O) groups excluding carboxylic acids is 2. The van der Waals surface area contributed by atoms with Crippen LogP contribution in [0.2, 0.25) is 0 Å². The largest absolute Gasteiger partial charge is 0.349 e. The summed E-state index contributed by atoms with van der Waals surface area (Å²) < 4.78 is 12.6. The summed E-state index contributed by atoms with van der Waals surface area (Å²) in [5.41, 5.74) is 5.78. The molecule has 1 aromatic rings. The van der Waals surface area contributed by atoms with Crippen molar-refractivity contribution < 1.29 is 14.0 Å². The predicted octanol–water partition coefficient (Wildman–Crippen LogP) is 0.0122. The van der Waals surface area contributed by atoms with Gasteiger partial charge in [-0.05, 0) is 17.7 Å². The number of hydrogen-bond acceptors (Lipinski definition) is 3. The molecule has 0 aliphatic rings. The lowest BCUT2D eigenvalue weighted by atomic mass is 10.1. The van der Waals surface area contributed by atoms with Crippen LogP contribution in [0.4, 0.5) is 4.39 Å². The topological polar surface area (TPSA) is 72.2 Å². The lowest BCUT2D eigenvalue weighted by Crippen LogP contribution is -2.33. The van der Waals surface area contributed by atoms with Crippen molar-refractivity contribution in [1.82, 2.24) is 5.32 Å². The summed E-state index contributed by atoms with van der Waals surface area (Å²) in [5.74, 6) is -0.858. The van der Waals surface area contributed by atoms with Crippen molar-refractivity contribution in [1.29, 1.82) is 0 Å². The molecule has 16 heavy (non-hydrogen) atoms. The monoisotopic (exact) mass is 224 g/mol. The lowest BCUT2D eigenvalue weighted by molar-refractivity contribution is -0.124. The third-order valence-corrected chi connectivity index (χ3v) is 1.99. The van der Waals surface area contributed by atoms with Crippen LogP contribution in [-0.2, 0) is 16.0 Å². The molecule has 0 bridgehead atoms. The van der Waals surface area contributed by atoms with E-state index >= 15 is 0 Å². The summed E-state index contributed by atoms with van der Waals surface area (Å²) in [4.78, 5) is 22.1. The number of Topliss-reactive ketones (excluding diaryl/α,β-unsaturated/α-hetero) is 1. The number of nitrogens with one attached hydrogen (secondary N) is 1. The summed E-state index contributed by atoms with van der Waals surface area (Å²) in [6, 6.07) is 5.63. The van der Waals surface area contributed by atoms with Gasteiger partial charge >= 0.3 is 0 Å². The van der Waals surface area contributed by atoms with Crippen LogP contribution in [0.15, 0.2) is 24.3 Å². The minimum Gasteiger partial charge on any atom is -0.349 e. The van der Waals surface area contributed by atoms with E-state index in [0.29, 0.717) is 5.56 Å². The van der Waals surface area contributed by atoms with E-state index in [2.05, 4.69) is 5.32 Å². The highest BCUT2D eigenvalue weighted by Crippen LogP contribution is 2.03. The van der Waals surface area contributed by atoms with Gasteiger partial charge in [0.25, 0.3) is 0 Å². The molecule has 4 nitrogen and oxygen atoms in total. The summed E-state index contributed by atoms with van der Waals surface area (Å²) in [5, 5.41) is 2.43. The molecule has 86 valence electrons. The zero-order valence-corrected chi connectivity index (χ0v) is 8.70. The first-order valence-electron chi connectivity index (χ1n) is 4.84. The van der Waals surface area contributed by atoms with Gasteiger partial charge in [0.2, 0.25) is 5.91 Å². The molecule has 0 heterocycles. The summed E-state index contributed by atoms with van der Waals surface area (Å²) >= 11 is 0. The summed E-state index contributed by atoms with van der Waals surface area (Å²) in [7, 11) is 0. The minimum atomic E-state index is -0.345. The van der Waals surface area contributed by atoms with Crippen molar-refractivity contribution in [2.75, 3.05) is 13.1 Å². The maximum Gasteiger partial charge on any atom is 0.224 e. The van der Waals surface area contributed by atoms with Crippen LogP contribution in [0.5, 0.6) is 0 Å². The van der Waals surface area contributed by atoms with E-state index in [1.165, 1.54) is 24.3 Å². The number of halogens is 1. The van der Waals surface area contributed by atoms with Gasteiger partial charge < -0.3 is 11.1 Å². The fraction of sp³-hybridized carbons (Fsp3) is 0.273. The van der Waals surface area contributed by atoms with Crippen molar-refractivity contribution in [2.24, 2.45) is 5.73 Å². The van der Waals surface area contributed by atoms with Gasteiger partial charge in [-0.1, -0.05) is 12.1 Å². The molecule has 0 saturated carbocycles. The molecule has 0 aromatic heterocycles. The first-order chi connectivity index (χ1) is 7.61. The average molecular weight is 224 g/mol. The lowest BCUT2D eigenvalue weighted by Gasteiger charge is -2.03. The fourth-order valence-electron chi connectivity index (χ4n) is 1.12. The Balaban J connectivity index is 2.40. The summed E-state index contributed by atoms with van der Waals surface area (Å²) in [6.45, 7) is -0.145. The number of amides is 1. The maximum atomic E-state index is 12.6. The van der Waals surface area contributed by atoms with Gasteiger partial charge in [0.15, 0.2) is 5.78 Å². The zero-order valence-electron chi connectivity index (χ0n) is 8.70. The highest BCUT2D eigenvalue weighted by molar-refractivity contribution is 5.87. The van der Waals surface area contributed by atoms with Crippen LogP contribution in [0, 0.1) is 5.82 Å². The van der Waals surface area contributed by atoms with E-state index in [0.717, 1.165) is 0 Å². The molecule has 0 aliphatic carbocycles. The molecule has 0 unspecified atom stereocenters. The van der Waals surface area contributed by atoms with E-state index in [4.69, 9.17) is 5.73 Å². The van der Waals surface area contributed by atoms with E-state index in [1.807, 2.05) is 0 Å². The number of nitrogens with two attached hydrogens (primary N) is 1. The van der Waals surface area contributed by atoms with Crippen LogP contribution in [-0.4, -0.2) is 24.8 Å². The number of hydrogen-bond donors (Lipinski definition) is 2. The van der Waals surface area contributed by atoms with E-state index in [-0.39, 0.29) is 37.0 Å². The first kappa shape index (κ1) is 12.3. The van der Waals surface area contributed by atoms with Crippen LogP contribution >= 0.6 is 0 Å². The Bertz CT molecular complexity index is 376. The Morgan fingerprint density at radius 3 is 2.44 bits per heavy atom. The number of ketones is 1. The second-order valence-electron chi connectivity index (χ2n) is 3.32. The molecule has 3 N–H and O–H groups in total. The van der Waals surface area contributed by atoms with Crippen molar-refractivity contribution in [3.05, 3.63) is 35.6 Å². The average Bonchev–Trinajstić information content (AvgIpc) is 2.29. The standard InChI is InChI=1S/C11H13FN2O2/c12-9-3-1-8(2-4-9)5-11(16)14-7-10(15)6-13/h1-4H,5-7,13H2,(H,14,16). The second kappa shape index (κ2) is 5.97. The van der Waals surface area contributed by atoms with Gasteiger partial charge in [0, 0.05) is 0 Å². The van der Waals surface area contributed by atoms with Gasteiger partial charge in [-0.25, -0.2) is 4.39 Å². The molecule has 0 radical (unpaired) electrons. The number of rotatable bonds is 5. The smallest absolute Gasteiger partial charge is 0.224 e. The molecule has 0 fully saturated rings. The number of carbonyl (C=O) groups is 2. The third kappa shape index (κ3) is 4.18. The molecule has 0 spiro atoms. The van der Waals surface area contributed by atoms with E-state index < -0.39 is 0 Å². The van der Waals surface area contributed by atoms with Crippen molar-refractivity contribution in [3.63, 3.8) is 0 Å². The Morgan fingerprint density at radius 2 is 1.88 bits per heavy atom. The molecule has 0 saturated heterocycles. The third-order valence-electron chi connectivity index (χ3n) is 1.99. The van der Waals surface area contributed by atoms with Crippen molar-refractivity contribution in [2.45, 2.75) is 6.42 Å². The second-order valence-corrected chi connectivity index (χ2v) is 3.32. The van der Waals surface area contributed by atoms with Gasteiger partial charge in [0.1, 0.15) is 5.82 Å². The van der Waals surface area contributed by atoms with E-state index in [1.54, 1.807) is 0 Å². The molecule has 1 aromatic carbocycles. The SMILES string of the molecule is NCC(=O)CNC(=O)Cc1ccc(F)cc1. The molecule has 5 heteroatoms. The molecular weight excluding hydrogens is 211 g/mol. The predicted molar refractivity (Wildman–Crippen MR) is 57.2 cm³/mol. The zero-order chi connectivity index (χ0) is 12.0. The van der Waals surface area contributed by atoms with Gasteiger partial charge in [-0.2, -0.15) is 0 Å². The first-order valence-corrected chi connectivity index (χ1v) is 4.84. The molecule has 1 rings (SSSR count). The molecular formula is C11H13FN2O2. The molecule has 0 atom stereocenters. The fourth-order valence-corrected chi connectivity index (χ4v) is 1.12. The number of benzene rings is 1. The van der Waals surface area contributed by atoms with Gasteiger partial charge in [0.05, 0.1) is 19.5 Å².